The van der Waals surface area contributed by atoms with E-state index in [1.54, 1.807) is 19.5 Å². The second kappa shape index (κ2) is 9.37. The number of nitrogens with one attached hydrogen (secondary N) is 1. The predicted octanol–water partition coefficient (Wildman–Crippen LogP) is 3.35. The average molecular weight is 380 g/mol. The van der Waals surface area contributed by atoms with Crippen molar-refractivity contribution in [1.29, 1.82) is 0 Å². The maximum Gasteiger partial charge on any atom is 0.161 e. The summed E-state index contributed by atoms with van der Waals surface area (Å²) in [5, 5.41) is 7.99. The van der Waals surface area contributed by atoms with Gasteiger partial charge in [0.2, 0.25) is 0 Å². The summed E-state index contributed by atoms with van der Waals surface area (Å²) in [4.78, 5) is 4.12. The first-order valence-electron chi connectivity index (χ1n) is 9.47. The normalized spacial score (nSPS) is 10.9. The van der Waals surface area contributed by atoms with Crippen molar-refractivity contribution in [2.75, 3.05) is 13.7 Å². The molecule has 6 nitrogen and oxygen atoms in total. The van der Waals surface area contributed by atoms with E-state index in [0.717, 1.165) is 47.8 Å². The highest BCUT2D eigenvalue weighted by Gasteiger charge is 2.09. The topological polar surface area (TPSA) is 61.2 Å². The molecule has 0 amide bonds. The van der Waals surface area contributed by atoms with Gasteiger partial charge in [-0.15, -0.1) is 0 Å². The Hall–Kier alpha value is -2.86. The number of methoxy groups -OCH3 is 1. The maximum atomic E-state index is 5.96. The Labute approximate surface area is 166 Å². The minimum absolute atomic E-state index is 0.459. The lowest BCUT2D eigenvalue weighted by atomic mass is 10.1. The minimum Gasteiger partial charge on any atom is -0.493 e. The van der Waals surface area contributed by atoms with Crippen LogP contribution < -0.4 is 14.8 Å². The number of aryl methyl sites for hydroxylation is 2. The quantitative estimate of drug-likeness (QED) is 0.577. The van der Waals surface area contributed by atoms with E-state index in [-0.39, 0.29) is 0 Å². The van der Waals surface area contributed by atoms with Crippen LogP contribution in [0.15, 0.2) is 42.7 Å². The molecule has 0 bridgehead atoms. The van der Waals surface area contributed by atoms with Gasteiger partial charge in [0.15, 0.2) is 11.5 Å². The summed E-state index contributed by atoms with van der Waals surface area (Å²) in [6.45, 7) is 6.31. The highest BCUT2D eigenvalue weighted by molar-refractivity contribution is 5.43. The number of nitrogens with zero attached hydrogens (tertiary/aromatic N) is 3. The summed E-state index contributed by atoms with van der Waals surface area (Å²) >= 11 is 0. The Morgan fingerprint density at radius 3 is 2.64 bits per heavy atom. The molecular weight excluding hydrogens is 352 g/mol. The van der Waals surface area contributed by atoms with Crippen LogP contribution in [0.25, 0.3) is 0 Å². The van der Waals surface area contributed by atoms with Crippen LogP contribution in [0.4, 0.5) is 0 Å². The number of rotatable bonds is 9. The zero-order chi connectivity index (χ0) is 19.9. The Morgan fingerprint density at radius 2 is 1.96 bits per heavy atom. The fraction of sp³-hybridized carbons (Fsp3) is 0.364. The van der Waals surface area contributed by atoms with Crippen LogP contribution in [0.3, 0.4) is 0 Å². The molecule has 3 aromatic rings. The number of ether oxygens (including phenoxy) is 2. The Kier molecular flexibility index (Phi) is 6.66. The first kappa shape index (κ1) is 19.9. The number of benzene rings is 1. The molecule has 0 fully saturated rings. The molecule has 0 saturated carbocycles. The Bertz CT molecular complexity index is 906. The molecule has 1 aromatic carbocycles. The highest BCUT2D eigenvalue weighted by atomic mass is 16.5. The first-order valence-corrected chi connectivity index (χ1v) is 9.47. The average Bonchev–Trinajstić information content (AvgIpc) is 2.96. The van der Waals surface area contributed by atoms with Crippen molar-refractivity contribution in [3.05, 3.63) is 70.8 Å². The molecule has 148 valence electrons. The van der Waals surface area contributed by atoms with E-state index in [4.69, 9.17) is 9.47 Å². The standard InChI is InChI=1S/C22H28N4O2/c1-16-20(17(2)26(3)25-16)9-11-24-13-18-7-8-21(27-4)22(12-18)28-15-19-6-5-10-23-14-19/h5-8,10,12,14,24H,9,11,13,15H2,1-4H3. The van der Waals surface area contributed by atoms with Crippen LogP contribution in [-0.2, 0) is 26.6 Å². The van der Waals surface area contributed by atoms with Crippen molar-refractivity contribution in [2.24, 2.45) is 7.05 Å². The van der Waals surface area contributed by atoms with Gasteiger partial charge < -0.3 is 14.8 Å². The lowest BCUT2D eigenvalue weighted by Crippen LogP contribution is -2.17. The molecule has 0 aliphatic heterocycles. The number of hydrogen-bond acceptors (Lipinski definition) is 5. The van der Waals surface area contributed by atoms with E-state index in [9.17, 15) is 0 Å². The molecule has 0 atom stereocenters. The van der Waals surface area contributed by atoms with Crippen molar-refractivity contribution in [3.8, 4) is 11.5 Å². The smallest absolute Gasteiger partial charge is 0.161 e. The molecule has 1 N–H and O–H groups in total. The van der Waals surface area contributed by atoms with Crippen LogP contribution in [0, 0.1) is 13.8 Å². The van der Waals surface area contributed by atoms with E-state index in [1.165, 1.54) is 11.3 Å². The second-order valence-corrected chi connectivity index (χ2v) is 6.83. The molecule has 0 spiro atoms. The van der Waals surface area contributed by atoms with E-state index in [2.05, 4.69) is 35.3 Å². The maximum absolute atomic E-state index is 5.96. The molecular formula is C22H28N4O2. The highest BCUT2D eigenvalue weighted by Crippen LogP contribution is 2.28. The summed E-state index contributed by atoms with van der Waals surface area (Å²) in [5.74, 6) is 1.47. The Morgan fingerprint density at radius 1 is 1.11 bits per heavy atom. The molecule has 3 rings (SSSR count). The van der Waals surface area contributed by atoms with Crippen molar-refractivity contribution in [2.45, 2.75) is 33.4 Å². The lowest BCUT2D eigenvalue weighted by Gasteiger charge is -2.13. The fourth-order valence-electron chi connectivity index (χ4n) is 3.21. The Balaban J connectivity index is 1.56. The third kappa shape index (κ3) is 4.89. The van der Waals surface area contributed by atoms with Crippen molar-refractivity contribution < 1.29 is 9.47 Å². The second-order valence-electron chi connectivity index (χ2n) is 6.83. The molecule has 0 radical (unpaired) electrons. The third-order valence-electron chi connectivity index (χ3n) is 4.88. The van der Waals surface area contributed by atoms with E-state index in [1.807, 2.05) is 36.0 Å². The van der Waals surface area contributed by atoms with Gasteiger partial charge in [0, 0.05) is 37.2 Å². The van der Waals surface area contributed by atoms with Crippen LogP contribution in [0.5, 0.6) is 11.5 Å². The summed E-state index contributed by atoms with van der Waals surface area (Å²) in [6, 6.07) is 9.94. The van der Waals surface area contributed by atoms with Gasteiger partial charge in [-0.25, -0.2) is 0 Å². The monoisotopic (exact) mass is 380 g/mol. The summed E-state index contributed by atoms with van der Waals surface area (Å²) in [5.41, 5.74) is 5.84. The van der Waals surface area contributed by atoms with E-state index in [0.29, 0.717) is 6.61 Å². The van der Waals surface area contributed by atoms with Gasteiger partial charge in [0.1, 0.15) is 6.61 Å². The van der Waals surface area contributed by atoms with Crippen molar-refractivity contribution >= 4 is 0 Å². The van der Waals surface area contributed by atoms with Crippen LogP contribution in [-0.4, -0.2) is 28.4 Å². The fourth-order valence-corrected chi connectivity index (χ4v) is 3.21. The molecule has 0 unspecified atom stereocenters. The summed E-state index contributed by atoms with van der Waals surface area (Å²) in [7, 11) is 3.65. The van der Waals surface area contributed by atoms with Gasteiger partial charge >= 0.3 is 0 Å². The lowest BCUT2D eigenvalue weighted by molar-refractivity contribution is 0.284. The van der Waals surface area contributed by atoms with Gasteiger partial charge in [-0.1, -0.05) is 12.1 Å². The molecule has 0 saturated heterocycles. The number of aromatic nitrogens is 3. The predicted molar refractivity (Wildman–Crippen MR) is 110 cm³/mol. The van der Waals surface area contributed by atoms with Gasteiger partial charge in [-0.05, 0) is 56.1 Å². The molecule has 6 heteroatoms. The van der Waals surface area contributed by atoms with Crippen LogP contribution >= 0.6 is 0 Å². The molecule has 2 aromatic heterocycles. The van der Waals surface area contributed by atoms with Gasteiger partial charge in [0.05, 0.1) is 12.8 Å². The van der Waals surface area contributed by atoms with Gasteiger partial charge in [-0.3, -0.25) is 9.67 Å². The van der Waals surface area contributed by atoms with Crippen LogP contribution in [0.1, 0.15) is 28.1 Å². The van der Waals surface area contributed by atoms with Gasteiger partial charge in [-0.2, -0.15) is 5.10 Å². The molecule has 2 heterocycles. The van der Waals surface area contributed by atoms with E-state index < -0.39 is 0 Å². The molecule has 0 aliphatic carbocycles. The SMILES string of the molecule is COc1ccc(CNCCc2c(C)nn(C)c2C)cc1OCc1cccnc1. The molecule has 0 aliphatic rings. The third-order valence-corrected chi connectivity index (χ3v) is 4.88. The van der Waals surface area contributed by atoms with Gasteiger partial charge in [0.25, 0.3) is 0 Å². The zero-order valence-electron chi connectivity index (χ0n) is 17.0. The van der Waals surface area contributed by atoms with Crippen LogP contribution in [0.2, 0.25) is 0 Å². The number of hydrogen-bond donors (Lipinski definition) is 1. The largest absolute Gasteiger partial charge is 0.493 e. The van der Waals surface area contributed by atoms with E-state index >= 15 is 0 Å². The first-order chi connectivity index (χ1) is 13.6. The zero-order valence-corrected chi connectivity index (χ0v) is 17.0. The van der Waals surface area contributed by atoms with Crippen molar-refractivity contribution in [1.82, 2.24) is 20.1 Å². The summed E-state index contributed by atoms with van der Waals surface area (Å²) in [6.07, 6.45) is 4.52. The number of pyridine rings is 1. The summed E-state index contributed by atoms with van der Waals surface area (Å²) < 4.78 is 13.3. The molecule has 28 heavy (non-hydrogen) atoms. The van der Waals surface area contributed by atoms with Crippen molar-refractivity contribution in [3.63, 3.8) is 0 Å². The minimum atomic E-state index is 0.459.